The third kappa shape index (κ3) is 5.17. The molecule has 0 aromatic heterocycles. The minimum atomic E-state index is 0.284. The maximum Gasteiger partial charge on any atom is 0.0657 e. The Kier molecular flexibility index (Phi) is 7.65. The summed E-state index contributed by atoms with van der Waals surface area (Å²) in [5.41, 5.74) is 1.29. The lowest BCUT2D eigenvalue weighted by atomic mass is 10.1. The molecule has 18 heavy (non-hydrogen) atoms. The standard InChI is InChI=1S/C15H26N2O/c1-4-17(5-2)12-11-16-15(13-18-3)14-9-7-6-8-10-14/h6-10,15-16H,4-5,11-13H2,1-3H3. The Morgan fingerprint density at radius 1 is 1.17 bits per heavy atom. The molecule has 0 heterocycles. The Morgan fingerprint density at radius 3 is 2.39 bits per heavy atom. The molecule has 1 aromatic rings. The minimum absolute atomic E-state index is 0.284. The van der Waals surface area contributed by atoms with Crippen LogP contribution in [0.25, 0.3) is 0 Å². The normalized spacial score (nSPS) is 12.9. The maximum absolute atomic E-state index is 5.29. The predicted molar refractivity (Wildman–Crippen MR) is 76.8 cm³/mol. The second-order valence-corrected chi connectivity index (χ2v) is 4.40. The second-order valence-electron chi connectivity index (χ2n) is 4.40. The van der Waals surface area contributed by atoms with Crippen molar-refractivity contribution >= 4 is 0 Å². The van der Waals surface area contributed by atoms with Gasteiger partial charge < -0.3 is 15.0 Å². The van der Waals surface area contributed by atoms with E-state index in [0.717, 1.165) is 26.2 Å². The van der Waals surface area contributed by atoms with Crippen molar-refractivity contribution in [3.8, 4) is 0 Å². The molecule has 0 radical (unpaired) electrons. The van der Waals surface area contributed by atoms with Crippen LogP contribution in [0.4, 0.5) is 0 Å². The Bertz CT molecular complexity index is 299. The van der Waals surface area contributed by atoms with Crippen molar-refractivity contribution in [2.75, 3.05) is 39.9 Å². The van der Waals surface area contributed by atoms with Crippen molar-refractivity contribution in [3.63, 3.8) is 0 Å². The first-order valence-electron chi connectivity index (χ1n) is 6.81. The van der Waals surface area contributed by atoms with Crippen LogP contribution in [0.2, 0.25) is 0 Å². The molecule has 0 aliphatic carbocycles. The van der Waals surface area contributed by atoms with Crippen LogP contribution < -0.4 is 5.32 Å². The number of nitrogens with zero attached hydrogens (tertiary/aromatic N) is 1. The van der Waals surface area contributed by atoms with Crippen LogP contribution in [0.3, 0.4) is 0 Å². The largest absolute Gasteiger partial charge is 0.383 e. The molecule has 1 rings (SSSR count). The fourth-order valence-electron chi connectivity index (χ4n) is 2.06. The Balaban J connectivity index is 2.44. The molecule has 1 aromatic carbocycles. The number of methoxy groups -OCH3 is 1. The van der Waals surface area contributed by atoms with E-state index in [9.17, 15) is 0 Å². The van der Waals surface area contributed by atoms with Crippen molar-refractivity contribution in [1.82, 2.24) is 10.2 Å². The van der Waals surface area contributed by atoms with E-state index in [1.807, 2.05) is 6.07 Å². The molecule has 0 bridgehead atoms. The summed E-state index contributed by atoms with van der Waals surface area (Å²) in [6.07, 6.45) is 0. The summed E-state index contributed by atoms with van der Waals surface area (Å²) in [6, 6.07) is 10.8. The molecule has 1 N–H and O–H groups in total. The Hall–Kier alpha value is -0.900. The molecule has 1 unspecified atom stereocenters. The summed E-state index contributed by atoms with van der Waals surface area (Å²) in [6.45, 7) is 9.41. The average molecular weight is 250 g/mol. The fourth-order valence-corrected chi connectivity index (χ4v) is 2.06. The van der Waals surface area contributed by atoms with Gasteiger partial charge in [0, 0.05) is 20.2 Å². The van der Waals surface area contributed by atoms with Gasteiger partial charge in [-0.25, -0.2) is 0 Å². The van der Waals surface area contributed by atoms with E-state index >= 15 is 0 Å². The number of hydrogen-bond donors (Lipinski definition) is 1. The van der Waals surface area contributed by atoms with E-state index < -0.39 is 0 Å². The van der Waals surface area contributed by atoms with Gasteiger partial charge in [0.1, 0.15) is 0 Å². The van der Waals surface area contributed by atoms with E-state index in [1.54, 1.807) is 7.11 Å². The molecule has 1 atom stereocenters. The van der Waals surface area contributed by atoms with Crippen LogP contribution in [-0.4, -0.2) is 44.8 Å². The maximum atomic E-state index is 5.29. The van der Waals surface area contributed by atoms with Crippen molar-refractivity contribution < 1.29 is 4.74 Å². The number of ether oxygens (including phenoxy) is 1. The smallest absolute Gasteiger partial charge is 0.0657 e. The summed E-state index contributed by atoms with van der Waals surface area (Å²) in [4.78, 5) is 2.42. The molecule has 0 amide bonds. The summed E-state index contributed by atoms with van der Waals surface area (Å²) in [7, 11) is 1.75. The summed E-state index contributed by atoms with van der Waals surface area (Å²) >= 11 is 0. The number of benzene rings is 1. The first-order valence-corrected chi connectivity index (χ1v) is 6.81. The van der Waals surface area contributed by atoms with Gasteiger partial charge in [-0.2, -0.15) is 0 Å². The van der Waals surface area contributed by atoms with Crippen molar-refractivity contribution in [3.05, 3.63) is 35.9 Å². The van der Waals surface area contributed by atoms with E-state index in [-0.39, 0.29) is 6.04 Å². The quantitative estimate of drug-likeness (QED) is 0.728. The Morgan fingerprint density at radius 2 is 1.83 bits per heavy atom. The molecule has 0 aliphatic heterocycles. The van der Waals surface area contributed by atoms with Gasteiger partial charge in [0.2, 0.25) is 0 Å². The molecule has 3 nitrogen and oxygen atoms in total. The van der Waals surface area contributed by atoms with Crippen LogP contribution in [0, 0.1) is 0 Å². The molecule has 0 saturated carbocycles. The second kappa shape index (κ2) is 9.09. The number of likely N-dealkylation sites (N-methyl/N-ethyl adjacent to an activating group) is 1. The number of hydrogen-bond acceptors (Lipinski definition) is 3. The highest BCUT2D eigenvalue weighted by Gasteiger charge is 2.10. The van der Waals surface area contributed by atoms with E-state index in [0.29, 0.717) is 6.61 Å². The van der Waals surface area contributed by atoms with Gasteiger partial charge >= 0.3 is 0 Å². The minimum Gasteiger partial charge on any atom is -0.383 e. The SMILES string of the molecule is CCN(CC)CCNC(COC)c1ccccc1. The van der Waals surface area contributed by atoms with Gasteiger partial charge in [-0.3, -0.25) is 0 Å². The van der Waals surface area contributed by atoms with Crippen LogP contribution in [0.1, 0.15) is 25.5 Å². The van der Waals surface area contributed by atoms with Gasteiger partial charge in [0.25, 0.3) is 0 Å². The zero-order valence-corrected chi connectivity index (χ0v) is 11.9. The van der Waals surface area contributed by atoms with Crippen LogP contribution in [-0.2, 0) is 4.74 Å². The van der Waals surface area contributed by atoms with E-state index in [4.69, 9.17) is 4.74 Å². The molecular formula is C15H26N2O. The molecule has 0 aliphatic rings. The highest BCUT2D eigenvalue weighted by molar-refractivity contribution is 5.18. The Labute approximate surface area is 111 Å². The van der Waals surface area contributed by atoms with Gasteiger partial charge in [0.05, 0.1) is 12.6 Å². The summed E-state index contributed by atoms with van der Waals surface area (Å²) in [5, 5.41) is 3.57. The average Bonchev–Trinajstić information content (AvgIpc) is 2.43. The van der Waals surface area contributed by atoms with Crippen LogP contribution in [0.15, 0.2) is 30.3 Å². The zero-order chi connectivity index (χ0) is 13.2. The fraction of sp³-hybridized carbons (Fsp3) is 0.600. The summed E-state index contributed by atoms with van der Waals surface area (Å²) < 4.78 is 5.29. The monoisotopic (exact) mass is 250 g/mol. The first kappa shape index (κ1) is 15.2. The van der Waals surface area contributed by atoms with Crippen LogP contribution >= 0.6 is 0 Å². The number of nitrogens with one attached hydrogen (secondary N) is 1. The molecule has 3 heteroatoms. The summed E-state index contributed by atoms with van der Waals surface area (Å²) in [5.74, 6) is 0. The van der Waals surface area contributed by atoms with Gasteiger partial charge in [-0.1, -0.05) is 44.2 Å². The third-order valence-corrected chi connectivity index (χ3v) is 3.25. The number of rotatable bonds is 9. The molecule has 0 saturated heterocycles. The molecule has 102 valence electrons. The van der Waals surface area contributed by atoms with Gasteiger partial charge in [-0.15, -0.1) is 0 Å². The topological polar surface area (TPSA) is 24.5 Å². The molecule has 0 fully saturated rings. The molecular weight excluding hydrogens is 224 g/mol. The van der Waals surface area contributed by atoms with Crippen LogP contribution in [0.5, 0.6) is 0 Å². The highest BCUT2D eigenvalue weighted by atomic mass is 16.5. The first-order chi connectivity index (χ1) is 8.81. The van der Waals surface area contributed by atoms with E-state index in [1.165, 1.54) is 5.56 Å². The van der Waals surface area contributed by atoms with Crippen molar-refractivity contribution in [1.29, 1.82) is 0 Å². The zero-order valence-electron chi connectivity index (χ0n) is 11.9. The van der Waals surface area contributed by atoms with Gasteiger partial charge in [0.15, 0.2) is 0 Å². The predicted octanol–water partition coefficient (Wildman–Crippen LogP) is 2.31. The van der Waals surface area contributed by atoms with Gasteiger partial charge in [-0.05, 0) is 18.7 Å². The third-order valence-electron chi connectivity index (χ3n) is 3.25. The van der Waals surface area contributed by atoms with Crippen molar-refractivity contribution in [2.45, 2.75) is 19.9 Å². The lowest BCUT2D eigenvalue weighted by Gasteiger charge is -2.22. The van der Waals surface area contributed by atoms with Crippen molar-refractivity contribution in [2.24, 2.45) is 0 Å². The molecule has 0 spiro atoms. The van der Waals surface area contributed by atoms with E-state index in [2.05, 4.69) is 48.3 Å². The highest BCUT2D eigenvalue weighted by Crippen LogP contribution is 2.12. The lowest BCUT2D eigenvalue weighted by molar-refractivity contribution is 0.164. The lowest BCUT2D eigenvalue weighted by Crippen LogP contribution is -2.35.